The molecule has 0 atom stereocenters. The average molecular weight is 336 g/mol. The topological polar surface area (TPSA) is 64.2 Å². The molecule has 2 aromatic carbocycles. The maximum atomic E-state index is 13.5. The van der Waals surface area contributed by atoms with E-state index in [-0.39, 0.29) is 13.0 Å². The van der Waals surface area contributed by atoms with Gasteiger partial charge in [0.25, 0.3) is 0 Å². The fraction of sp³-hybridized carbons (Fsp3) is 0.125. The zero-order valence-corrected chi connectivity index (χ0v) is 12.2. The molecule has 8 heteroatoms. The SMILES string of the molecule is O=C(CCn1c(=O)oc2ccccc21)Nc1ccc(F)c(F)c1F. The fourth-order valence-corrected chi connectivity index (χ4v) is 2.27. The van der Waals surface area contributed by atoms with Crippen LogP contribution in [-0.2, 0) is 11.3 Å². The van der Waals surface area contributed by atoms with Crippen molar-refractivity contribution in [3.8, 4) is 0 Å². The number of amides is 1. The molecule has 3 rings (SSSR count). The number of nitrogens with zero attached hydrogens (tertiary/aromatic N) is 1. The number of benzene rings is 2. The first kappa shape index (κ1) is 15.9. The van der Waals surface area contributed by atoms with E-state index in [0.717, 1.165) is 6.07 Å². The number of para-hydroxylation sites is 2. The summed E-state index contributed by atoms with van der Waals surface area (Å²) in [6, 6.07) is 8.32. The van der Waals surface area contributed by atoms with Gasteiger partial charge in [0.15, 0.2) is 23.0 Å². The second-order valence-corrected chi connectivity index (χ2v) is 5.01. The number of aryl methyl sites for hydroxylation is 1. The van der Waals surface area contributed by atoms with Crippen LogP contribution in [0.25, 0.3) is 11.1 Å². The van der Waals surface area contributed by atoms with E-state index in [9.17, 15) is 22.8 Å². The Morgan fingerprint density at radius 2 is 1.83 bits per heavy atom. The number of rotatable bonds is 4. The Balaban J connectivity index is 1.73. The number of nitrogens with one attached hydrogen (secondary N) is 1. The number of hydrogen-bond acceptors (Lipinski definition) is 3. The van der Waals surface area contributed by atoms with Crippen molar-refractivity contribution in [3.05, 3.63) is 64.4 Å². The summed E-state index contributed by atoms with van der Waals surface area (Å²) < 4.78 is 45.8. The Bertz CT molecular complexity index is 978. The maximum Gasteiger partial charge on any atom is 0.419 e. The van der Waals surface area contributed by atoms with E-state index in [0.29, 0.717) is 17.2 Å². The number of hydrogen-bond donors (Lipinski definition) is 1. The monoisotopic (exact) mass is 336 g/mol. The van der Waals surface area contributed by atoms with Crippen LogP contribution >= 0.6 is 0 Å². The molecule has 0 aliphatic carbocycles. The van der Waals surface area contributed by atoms with Crippen molar-refractivity contribution in [2.45, 2.75) is 13.0 Å². The van der Waals surface area contributed by atoms with Crippen LogP contribution < -0.4 is 11.1 Å². The molecular formula is C16H11F3N2O3. The van der Waals surface area contributed by atoms with Gasteiger partial charge >= 0.3 is 5.76 Å². The van der Waals surface area contributed by atoms with Crippen molar-refractivity contribution in [2.75, 3.05) is 5.32 Å². The number of halogens is 3. The summed E-state index contributed by atoms with van der Waals surface area (Å²) in [5, 5.41) is 2.14. The molecule has 24 heavy (non-hydrogen) atoms. The normalized spacial score (nSPS) is 11.0. The van der Waals surface area contributed by atoms with E-state index in [1.54, 1.807) is 24.3 Å². The molecule has 1 heterocycles. The highest BCUT2D eigenvalue weighted by Gasteiger charge is 2.16. The standard InChI is InChI=1S/C16H11F3N2O3/c17-9-5-6-10(15(19)14(9)18)20-13(22)7-8-21-11-3-1-2-4-12(11)24-16(21)23/h1-6H,7-8H2,(H,20,22). The van der Waals surface area contributed by atoms with Gasteiger partial charge in [0, 0.05) is 13.0 Å². The molecule has 1 amide bonds. The van der Waals surface area contributed by atoms with Crippen LogP contribution in [0.4, 0.5) is 18.9 Å². The van der Waals surface area contributed by atoms with E-state index in [1.807, 2.05) is 0 Å². The molecule has 1 N–H and O–H groups in total. The van der Waals surface area contributed by atoms with Gasteiger partial charge in [-0.05, 0) is 24.3 Å². The van der Waals surface area contributed by atoms with E-state index < -0.39 is 34.8 Å². The lowest BCUT2D eigenvalue weighted by Gasteiger charge is -2.07. The van der Waals surface area contributed by atoms with Crippen LogP contribution in [-0.4, -0.2) is 10.5 Å². The minimum absolute atomic E-state index is 0.00697. The zero-order chi connectivity index (χ0) is 17.3. The number of carbonyl (C=O) groups excluding carboxylic acids is 1. The number of aromatic nitrogens is 1. The van der Waals surface area contributed by atoms with Gasteiger partial charge in [-0.3, -0.25) is 9.36 Å². The molecule has 0 saturated carbocycles. The Labute approximate surface area is 133 Å². The smallest absolute Gasteiger partial charge is 0.408 e. The van der Waals surface area contributed by atoms with Gasteiger partial charge in [-0.2, -0.15) is 0 Å². The van der Waals surface area contributed by atoms with E-state index in [1.165, 1.54) is 4.57 Å². The third kappa shape index (κ3) is 2.90. The summed E-state index contributed by atoms with van der Waals surface area (Å²) in [4.78, 5) is 23.6. The molecule has 0 saturated heterocycles. The summed E-state index contributed by atoms with van der Waals surface area (Å²) in [5.74, 6) is -5.76. The van der Waals surface area contributed by atoms with E-state index >= 15 is 0 Å². The predicted molar refractivity (Wildman–Crippen MR) is 80.0 cm³/mol. The Kier molecular flexibility index (Phi) is 4.11. The second kappa shape index (κ2) is 6.23. The first-order chi connectivity index (χ1) is 11.5. The maximum absolute atomic E-state index is 13.5. The lowest BCUT2D eigenvalue weighted by atomic mass is 10.2. The molecule has 3 aromatic rings. The zero-order valence-electron chi connectivity index (χ0n) is 12.2. The summed E-state index contributed by atoms with van der Waals surface area (Å²) >= 11 is 0. The first-order valence-electron chi connectivity index (χ1n) is 6.99. The lowest BCUT2D eigenvalue weighted by Crippen LogP contribution is -2.20. The summed E-state index contributed by atoms with van der Waals surface area (Å²) in [6.07, 6.45) is -0.179. The minimum atomic E-state index is -1.66. The van der Waals surface area contributed by atoms with Crippen molar-refractivity contribution in [2.24, 2.45) is 0 Å². The van der Waals surface area contributed by atoms with Gasteiger partial charge in [0.05, 0.1) is 11.2 Å². The van der Waals surface area contributed by atoms with Gasteiger partial charge in [0.2, 0.25) is 5.91 Å². The van der Waals surface area contributed by atoms with Crippen molar-refractivity contribution in [3.63, 3.8) is 0 Å². The molecule has 0 aliphatic heterocycles. The molecule has 0 fully saturated rings. The largest absolute Gasteiger partial charge is 0.419 e. The lowest BCUT2D eigenvalue weighted by molar-refractivity contribution is -0.116. The van der Waals surface area contributed by atoms with Gasteiger partial charge in [-0.25, -0.2) is 18.0 Å². The second-order valence-electron chi connectivity index (χ2n) is 5.01. The van der Waals surface area contributed by atoms with E-state index in [4.69, 9.17) is 4.42 Å². The molecular weight excluding hydrogens is 325 g/mol. The van der Waals surface area contributed by atoms with Gasteiger partial charge in [-0.1, -0.05) is 12.1 Å². The van der Waals surface area contributed by atoms with Crippen molar-refractivity contribution in [1.29, 1.82) is 0 Å². The van der Waals surface area contributed by atoms with Crippen molar-refractivity contribution < 1.29 is 22.4 Å². The quantitative estimate of drug-likeness (QED) is 0.745. The first-order valence-corrected chi connectivity index (χ1v) is 6.99. The highest BCUT2D eigenvalue weighted by Crippen LogP contribution is 2.20. The third-order valence-corrected chi connectivity index (χ3v) is 3.45. The molecule has 0 spiro atoms. The van der Waals surface area contributed by atoms with Gasteiger partial charge < -0.3 is 9.73 Å². The van der Waals surface area contributed by atoms with Crippen LogP contribution in [0.5, 0.6) is 0 Å². The predicted octanol–water partition coefficient (Wildman–Crippen LogP) is 3.04. The Morgan fingerprint density at radius 1 is 1.08 bits per heavy atom. The van der Waals surface area contributed by atoms with Crippen LogP contribution in [0.1, 0.15) is 6.42 Å². The summed E-state index contributed by atoms with van der Waals surface area (Å²) in [6.45, 7) is -0.00697. The van der Waals surface area contributed by atoms with Gasteiger partial charge in [0.1, 0.15) is 0 Å². The highest BCUT2D eigenvalue weighted by molar-refractivity contribution is 5.90. The average Bonchev–Trinajstić information content (AvgIpc) is 2.89. The minimum Gasteiger partial charge on any atom is -0.408 e. The van der Waals surface area contributed by atoms with Gasteiger partial charge in [-0.15, -0.1) is 0 Å². The number of carbonyl (C=O) groups is 1. The molecule has 124 valence electrons. The number of fused-ring (bicyclic) bond motifs is 1. The van der Waals surface area contributed by atoms with Crippen molar-refractivity contribution in [1.82, 2.24) is 4.57 Å². The van der Waals surface area contributed by atoms with Crippen molar-refractivity contribution >= 4 is 22.7 Å². The van der Waals surface area contributed by atoms with Crippen LogP contribution in [0.15, 0.2) is 45.6 Å². The summed E-state index contributed by atoms with van der Waals surface area (Å²) in [5.41, 5.74) is 0.437. The van der Waals surface area contributed by atoms with Crippen LogP contribution in [0, 0.1) is 17.5 Å². The molecule has 0 aliphatic rings. The molecule has 0 radical (unpaired) electrons. The van der Waals surface area contributed by atoms with Crippen LogP contribution in [0.3, 0.4) is 0 Å². The number of oxazole rings is 1. The highest BCUT2D eigenvalue weighted by atomic mass is 19.2. The molecule has 0 unspecified atom stereocenters. The summed E-state index contributed by atoms with van der Waals surface area (Å²) in [7, 11) is 0. The molecule has 5 nitrogen and oxygen atoms in total. The van der Waals surface area contributed by atoms with Crippen LogP contribution in [0.2, 0.25) is 0 Å². The molecule has 1 aromatic heterocycles. The van der Waals surface area contributed by atoms with E-state index in [2.05, 4.69) is 5.32 Å². The third-order valence-electron chi connectivity index (χ3n) is 3.45. The number of anilines is 1. The Morgan fingerprint density at radius 3 is 2.62 bits per heavy atom. The fourth-order valence-electron chi connectivity index (χ4n) is 2.27. The molecule has 0 bridgehead atoms. The Hall–Kier alpha value is -3.03.